The van der Waals surface area contributed by atoms with E-state index in [2.05, 4.69) is 0 Å². The molecule has 0 aliphatic carbocycles. The maximum absolute atomic E-state index is 12.0. The van der Waals surface area contributed by atoms with Gasteiger partial charge in [-0.25, -0.2) is 4.57 Å². The Morgan fingerprint density at radius 3 is 2.33 bits per heavy atom. The molecule has 5 heteroatoms. The second kappa shape index (κ2) is 3.87. The number of para-hydroxylation sites is 2. The molecule has 0 amide bonds. The van der Waals surface area contributed by atoms with Crippen LogP contribution in [-0.2, 0) is 9.09 Å². The van der Waals surface area contributed by atoms with Gasteiger partial charge in [-0.3, -0.25) is 4.52 Å². The Labute approximate surface area is 88.8 Å². The van der Waals surface area contributed by atoms with Crippen LogP contribution in [0, 0.1) is 0 Å². The molecule has 0 saturated heterocycles. The molecule has 1 heterocycles. The molecule has 0 saturated carbocycles. The van der Waals surface area contributed by atoms with Gasteiger partial charge < -0.3 is 9.05 Å². The van der Waals surface area contributed by atoms with Gasteiger partial charge in [-0.15, -0.1) is 0 Å². The fourth-order valence-corrected chi connectivity index (χ4v) is 2.70. The second-order valence-electron chi connectivity index (χ2n) is 3.40. The average molecular weight is 228 g/mol. The highest BCUT2D eigenvalue weighted by Crippen LogP contribution is 2.59. The SMILES string of the molecule is CCC(C)OP1(=O)Oc2ccccc2O1. The van der Waals surface area contributed by atoms with Gasteiger partial charge in [0.15, 0.2) is 11.5 Å². The highest BCUT2D eigenvalue weighted by atomic mass is 31.2. The van der Waals surface area contributed by atoms with Gasteiger partial charge in [0.2, 0.25) is 0 Å². The van der Waals surface area contributed by atoms with Crippen molar-refractivity contribution in [3.8, 4) is 11.5 Å². The summed E-state index contributed by atoms with van der Waals surface area (Å²) >= 11 is 0. The summed E-state index contributed by atoms with van der Waals surface area (Å²) in [6.45, 7) is 3.77. The summed E-state index contributed by atoms with van der Waals surface area (Å²) in [7, 11) is -3.42. The second-order valence-corrected chi connectivity index (χ2v) is 4.87. The zero-order valence-electron chi connectivity index (χ0n) is 8.67. The Morgan fingerprint density at radius 2 is 1.87 bits per heavy atom. The number of benzene rings is 1. The maximum atomic E-state index is 12.0. The Balaban J connectivity index is 2.14. The lowest BCUT2D eigenvalue weighted by Gasteiger charge is -2.14. The molecule has 0 aromatic heterocycles. The lowest BCUT2D eigenvalue weighted by molar-refractivity contribution is 0.163. The van der Waals surface area contributed by atoms with Gasteiger partial charge in [0.1, 0.15) is 0 Å². The van der Waals surface area contributed by atoms with Gasteiger partial charge in [0.05, 0.1) is 6.10 Å². The standard InChI is InChI=1S/C10H13O4P/c1-3-8(2)12-15(11)13-9-6-4-5-7-10(9)14-15/h4-8H,3H2,1-2H3. The summed E-state index contributed by atoms with van der Waals surface area (Å²) in [5, 5.41) is 0. The summed E-state index contributed by atoms with van der Waals surface area (Å²) in [5.74, 6) is 0.952. The minimum Gasteiger partial charge on any atom is -0.391 e. The molecule has 1 aromatic rings. The van der Waals surface area contributed by atoms with Gasteiger partial charge in [0.25, 0.3) is 0 Å². The van der Waals surface area contributed by atoms with Crippen LogP contribution in [0.5, 0.6) is 11.5 Å². The topological polar surface area (TPSA) is 44.8 Å². The van der Waals surface area contributed by atoms with Crippen LogP contribution in [-0.4, -0.2) is 6.10 Å². The number of hydrogen-bond acceptors (Lipinski definition) is 4. The van der Waals surface area contributed by atoms with Gasteiger partial charge in [-0.05, 0) is 25.5 Å². The van der Waals surface area contributed by atoms with E-state index in [9.17, 15) is 4.57 Å². The first kappa shape index (κ1) is 10.5. The molecule has 82 valence electrons. The third kappa shape index (κ3) is 2.16. The highest BCUT2D eigenvalue weighted by Gasteiger charge is 2.39. The van der Waals surface area contributed by atoms with Crippen molar-refractivity contribution in [3.05, 3.63) is 24.3 Å². The molecule has 0 N–H and O–H groups in total. The Hall–Kier alpha value is -0.990. The van der Waals surface area contributed by atoms with E-state index in [4.69, 9.17) is 13.6 Å². The third-order valence-corrected chi connectivity index (χ3v) is 3.61. The van der Waals surface area contributed by atoms with Crippen LogP contribution >= 0.6 is 7.82 Å². The fraction of sp³-hybridized carbons (Fsp3) is 0.400. The molecule has 0 radical (unpaired) electrons. The molecule has 4 nitrogen and oxygen atoms in total. The first-order valence-corrected chi connectivity index (χ1v) is 6.35. The normalized spacial score (nSPS) is 18.8. The van der Waals surface area contributed by atoms with E-state index in [0.29, 0.717) is 11.5 Å². The van der Waals surface area contributed by atoms with E-state index in [1.54, 1.807) is 24.3 Å². The molecule has 15 heavy (non-hydrogen) atoms. The zero-order valence-corrected chi connectivity index (χ0v) is 9.57. The first-order chi connectivity index (χ1) is 7.13. The maximum Gasteiger partial charge on any atom is 0.588 e. The molecule has 1 aromatic carbocycles. The van der Waals surface area contributed by atoms with Crippen molar-refractivity contribution in [2.24, 2.45) is 0 Å². The monoisotopic (exact) mass is 228 g/mol. The van der Waals surface area contributed by atoms with Crippen LogP contribution in [0.15, 0.2) is 24.3 Å². The fourth-order valence-electron chi connectivity index (χ4n) is 1.20. The van der Waals surface area contributed by atoms with E-state index < -0.39 is 7.82 Å². The Kier molecular flexibility index (Phi) is 2.72. The van der Waals surface area contributed by atoms with E-state index in [1.165, 1.54) is 0 Å². The molecule has 0 bridgehead atoms. The van der Waals surface area contributed by atoms with Crippen molar-refractivity contribution >= 4 is 7.82 Å². The van der Waals surface area contributed by atoms with Gasteiger partial charge in [0, 0.05) is 0 Å². The predicted octanol–water partition coefficient (Wildman–Crippen LogP) is 3.38. The number of hydrogen-bond donors (Lipinski definition) is 0. The van der Waals surface area contributed by atoms with Gasteiger partial charge in [-0.2, -0.15) is 0 Å². The number of phosphoric acid groups is 1. The van der Waals surface area contributed by atoms with Gasteiger partial charge in [-0.1, -0.05) is 19.1 Å². The Morgan fingerprint density at radius 1 is 1.33 bits per heavy atom. The van der Waals surface area contributed by atoms with Crippen molar-refractivity contribution in [2.75, 3.05) is 0 Å². The van der Waals surface area contributed by atoms with Crippen LogP contribution in [0.3, 0.4) is 0 Å². The average Bonchev–Trinajstić information content (AvgIpc) is 2.53. The van der Waals surface area contributed by atoms with Crippen LogP contribution in [0.1, 0.15) is 20.3 Å². The summed E-state index contributed by atoms with van der Waals surface area (Å²) in [6, 6.07) is 6.99. The summed E-state index contributed by atoms with van der Waals surface area (Å²) in [5.41, 5.74) is 0. The van der Waals surface area contributed by atoms with Crippen molar-refractivity contribution in [2.45, 2.75) is 26.4 Å². The molecular formula is C10H13O4P. The van der Waals surface area contributed by atoms with Crippen molar-refractivity contribution in [3.63, 3.8) is 0 Å². The molecular weight excluding hydrogens is 215 g/mol. The Bertz CT molecular complexity index is 375. The van der Waals surface area contributed by atoms with E-state index in [1.807, 2.05) is 13.8 Å². The van der Waals surface area contributed by atoms with E-state index in [-0.39, 0.29) is 6.10 Å². The molecule has 1 unspecified atom stereocenters. The summed E-state index contributed by atoms with van der Waals surface area (Å²) in [4.78, 5) is 0. The summed E-state index contributed by atoms with van der Waals surface area (Å²) < 4.78 is 27.6. The molecule has 0 spiro atoms. The molecule has 1 atom stereocenters. The number of rotatable bonds is 3. The van der Waals surface area contributed by atoms with Gasteiger partial charge >= 0.3 is 7.82 Å². The molecule has 1 aliphatic heterocycles. The van der Waals surface area contributed by atoms with Crippen molar-refractivity contribution in [1.29, 1.82) is 0 Å². The zero-order chi connectivity index (χ0) is 10.9. The van der Waals surface area contributed by atoms with Crippen molar-refractivity contribution in [1.82, 2.24) is 0 Å². The van der Waals surface area contributed by atoms with Crippen LogP contribution in [0.4, 0.5) is 0 Å². The smallest absolute Gasteiger partial charge is 0.391 e. The highest BCUT2D eigenvalue weighted by molar-refractivity contribution is 7.49. The lowest BCUT2D eigenvalue weighted by Crippen LogP contribution is -2.08. The number of phosphoric ester groups is 1. The molecule has 2 rings (SSSR count). The van der Waals surface area contributed by atoms with Crippen molar-refractivity contribution < 1.29 is 18.1 Å². The predicted molar refractivity (Wildman–Crippen MR) is 56.1 cm³/mol. The minimum atomic E-state index is -3.42. The quantitative estimate of drug-likeness (QED) is 0.744. The summed E-state index contributed by atoms with van der Waals surface area (Å²) in [6.07, 6.45) is 0.609. The first-order valence-electron chi connectivity index (χ1n) is 4.89. The van der Waals surface area contributed by atoms with Crippen LogP contribution in [0.25, 0.3) is 0 Å². The third-order valence-electron chi connectivity index (χ3n) is 2.15. The van der Waals surface area contributed by atoms with Crippen LogP contribution < -0.4 is 9.05 Å². The number of fused-ring (bicyclic) bond motifs is 1. The molecule has 1 aliphatic rings. The lowest BCUT2D eigenvalue weighted by atomic mass is 10.3. The molecule has 0 fully saturated rings. The van der Waals surface area contributed by atoms with E-state index in [0.717, 1.165) is 6.42 Å². The van der Waals surface area contributed by atoms with Crippen LogP contribution in [0.2, 0.25) is 0 Å². The van der Waals surface area contributed by atoms with E-state index >= 15 is 0 Å². The minimum absolute atomic E-state index is 0.148. The largest absolute Gasteiger partial charge is 0.588 e.